The third-order valence-corrected chi connectivity index (χ3v) is 5.21. The summed E-state index contributed by atoms with van der Waals surface area (Å²) >= 11 is 0. The van der Waals surface area contributed by atoms with Gasteiger partial charge in [-0.25, -0.2) is 0 Å². The lowest BCUT2D eigenvalue weighted by atomic mass is 10.2. The Morgan fingerprint density at radius 2 is 1.77 bits per heavy atom. The summed E-state index contributed by atoms with van der Waals surface area (Å²) in [5, 5.41) is 13.3. The minimum absolute atomic E-state index is 0.541. The molecule has 154 valence electrons. The topological polar surface area (TPSA) is 86.4 Å². The van der Waals surface area contributed by atoms with Crippen molar-refractivity contribution in [3.8, 4) is 0 Å². The Hall–Kier alpha value is -3.52. The molecule has 0 bridgehead atoms. The fraction of sp³-hybridized carbons (Fsp3) is 0.273. The average Bonchev–Trinajstić information content (AvgIpc) is 3.24. The first-order valence-electron chi connectivity index (χ1n) is 10.2. The highest BCUT2D eigenvalue weighted by Crippen LogP contribution is 2.34. The molecule has 0 amide bonds. The molecule has 2 aliphatic heterocycles. The van der Waals surface area contributed by atoms with Crippen molar-refractivity contribution in [3.05, 3.63) is 54.1 Å². The number of ether oxygens (including phenoxy) is 1. The summed E-state index contributed by atoms with van der Waals surface area (Å²) in [6, 6.07) is 16.6. The van der Waals surface area contributed by atoms with E-state index in [0.717, 1.165) is 55.0 Å². The normalized spacial score (nSPS) is 15.2. The summed E-state index contributed by atoms with van der Waals surface area (Å²) in [6.45, 7) is 6.11. The quantitative estimate of drug-likeness (QED) is 0.510. The van der Waals surface area contributed by atoms with Gasteiger partial charge in [0.15, 0.2) is 11.6 Å². The molecule has 5 rings (SSSR count). The number of aromatic nitrogens is 2. The number of benzene rings is 2. The highest BCUT2D eigenvalue weighted by Gasteiger charge is 2.19. The molecule has 1 fully saturated rings. The molecule has 8 nitrogen and oxygen atoms in total. The largest absolute Gasteiger partial charge is 0.378 e. The molecule has 0 aliphatic carbocycles. The molecule has 1 saturated heterocycles. The van der Waals surface area contributed by atoms with Gasteiger partial charge in [0, 0.05) is 30.2 Å². The van der Waals surface area contributed by atoms with E-state index in [1.165, 1.54) is 11.3 Å². The summed E-state index contributed by atoms with van der Waals surface area (Å²) in [7, 11) is 0. The van der Waals surface area contributed by atoms with E-state index in [4.69, 9.17) is 9.72 Å². The predicted molar refractivity (Wildman–Crippen MR) is 121 cm³/mol. The smallest absolute Gasteiger partial charge is 0.231 e. The zero-order valence-electron chi connectivity index (χ0n) is 16.9. The molecule has 1 aromatic heterocycles. The van der Waals surface area contributed by atoms with Gasteiger partial charge < -0.3 is 30.9 Å². The Kier molecular flexibility index (Phi) is 4.98. The molecule has 0 atom stereocenters. The third-order valence-electron chi connectivity index (χ3n) is 5.21. The van der Waals surface area contributed by atoms with Gasteiger partial charge in [-0.2, -0.15) is 9.97 Å². The Balaban J connectivity index is 1.37. The molecule has 3 aromatic rings. The Labute approximate surface area is 175 Å². The number of aryl methyl sites for hydroxylation is 1. The van der Waals surface area contributed by atoms with E-state index in [9.17, 15) is 0 Å². The molecule has 30 heavy (non-hydrogen) atoms. The molecule has 0 spiro atoms. The van der Waals surface area contributed by atoms with Crippen molar-refractivity contribution in [2.75, 3.05) is 59.1 Å². The van der Waals surface area contributed by atoms with Crippen molar-refractivity contribution in [2.24, 2.45) is 0 Å². The van der Waals surface area contributed by atoms with Crippen LogP contribution in [0, 0.1) is 6.92 Å². The van der Waals surface area contributed by atoms with E-state index >= 15 is 0 Å². The van der Waals surface area contributed by atoms with E-state index in [-0.39, 0.29) is 0 Å². The number of fused-ring (bicyclic) bond motifs is 1. The van der Waals surface area contributed by atoms with Crippen molar-refractivity contribution in [2.45, 2.75) is 6.92 Å². The molecule has 4 N–H and O–H groups in total. The minimum atomic E-state index is 0.541. The third kappa shape index (κ3) is 3.95. The molecule has 2 aliphatic rings. The summed E-state index contributed by atoms with van der Waals surface area (Å²) in [5.41, 5.74) is 5.21. The highest BCUT2D eigenvalue weighted by molar-refractivity contribution is 5.84. The number of nitrogens with zero attached hydrogens (tertiary/aromatic N) is 3. The van der Waals surface area contributed by atoms with E-state index in [0.29, 0.717) is 12.6 Å². The van der Waals surface area contributed by atoms with Gasteiger partial charge in [0.25, 0.3) is 0 Å². The molecule has 0 unspecified atom stereocenters. The zero-order valence-corrected chi connectivity index (χ0v) is 16.9. The molecular weight excluding hydrogens is 378 g/mol. The monoisotopic (exact) mass is 403 g/mol. The van der Waals surface area contributed by atoms with E-state index in [1.54, 1.807) is 0 Å². The Morgan fingerprint density at radius 1 is 0.933 bits per heavy atom. The summed E-state index contributed by atoms with van der Waals surface area (Å²) < 4.78 is 5.43. The summed E-state index contributed by atoms with van der Waals surface area (Å²) in [4.78, 5) is 11.7. The lowest BCUT2D eigenvalue weighted by molar-refractivity contribution is 0.122. The van der Waals surface area contributed by atoms with Gasteiger partial charge in [0.1, 0.15) is 5.69 Å². The maximum atomic E-state index is 5.43. The zero-order chi connectivity index (χ0) is 20.3. The minimum Gasteiger partial charge on any atom is -0.378 e. The first kappa shape index (κ1) is 18.5. The number of hydrogen-bond donors (Lipinski definition) is 4. The van der Waals surface area contributed by atoms with Crippen LogP contribution in [0.2, 0.25) is 0 Å². The number of anilines is 7. The molecule has 2 aromatic carbocycles. The maximum Gasteiger partial charge on any atom is 0.231 e. The Morgan fingerprint density at radius 3 is 2.57 bits per heavy atom. The number of nitrogens with one attached hydrogen (secondary N) is 4. The van der Waals surface area contributed by atoms with Crippen molar-refractivity contribution in [1.82, 2.24) is 9.97 Å². The van der Waals surface area contributed by atoms with Crippen LogP contribution in [0.3, 0.4) is 0 Å². The summed E-state index contributed by atoms with van der Waals surface area (Å²) in [6.07, 6.45) is 0. The highest BCUT2D eigenvalue weighted by atomic mass is 16.5. The van der Waals surface area contributed by atoms with Gasteiger partial charge in [0.2, 0.25) is 5.95 Å². The fourth-order valence-electron chi connectivity index (χ4n) is 3.68. The van der Waals surface area contributed by atoms with E-state index in [1.807, 2.05) is 12.1 Å². The average molecular weight is 403 g/mol. The van der Waals surface area contributed by atoms with Gasteiger partial charge in [-0.3, -0.25) is 0 Å². The second kappa shape index (κ2) is 8.08. The predicted octanol–water partition coefficient (Wildman–Crippen LogP) is 3.90. The van der Waals surface area contributed by atoms with E-state index in [2.05, 4.69) is 74.5 Å². The molecule has 8 heteroatoms. The second-order valence-corrected chi connectivity index (χ2v) is 7.42. The van der Waals surface area contributed by atoms with Crippen LogP contribution >= 0.6 is 0 Å². The van der Waals surface area contributed by atoms with Crippen LogP contribution < -0.4 is 26.2 Å². The number of rotatable bonds is 5. The van der Waals surface area contributed by atoms with Gasteiger partial charge in [0.05, 0.1) is 19.9 Å². The van der Waals surface area contributed by atoms with Crippen LogP contribution in [0.5, 0.6) is 0 Å². The molecular formula is C22H25N7O. The lowest BCUT2D eigenvalue weighted by Crippen LogP contribution is -2.36. The van der Waals surface area contributed by atoms with Crippen LogP contribution in [-0.4, -0.2) is 42.9 Å². The second-order valence-electron chi connectivity index (χ2n) is 7.42. The Bertz CT molecular complexity index is 1030. The van der Waals surface area contributed by atoms with Crippen LogP contribution in [0.15, 0.2) is 48.5 Å². The van der Waals surface area contributed by atoms with Crippen molar-refractivity contribution in [1.29, 1.82) is 0 Å². The van der Waals surface area contributed by atoms with Crippen molar-refractivity contribution in [3.63, 3.8) is 0 Å². The fourth-order valence-corrected chi connectivity index (χ4v) is 3.68. The van der Waals surface area contributed by atoms with Crippen molar-refractivity contribution >= 4 is 40.3 Å². The molecule has 0 radical (unpaired) electrons. The van der Waals surface area contributed by atoms with Crippen molar-refractivity contribution < 1.29 is 4.74 Å². The SMILES string of the molecule is Cc1cccc(Nc2nc(Nc3ccc(N4CCOCC4)cc3)nc3c2NCN3)c1. The van der Waals surface area contributed by atoms with Crippen LogP contribution in [0.4, 0.5) is 40.3 Å². The number of morpholine rings is 1. The van der Waals surface area contributed by atoms with E-state index < -0.39 is 0 Å². The number of hydrogen-bond acceptors (Lipinski definition) is 8. The molecule has 0 saturated carbocycles. The maximum absolute atomic E-state index is 5.43. The lowest BCUT2D eigenvalue weighted by Gasteiger charge is -2.28. The van der Waals surface area contributed by atoms with Crippen LogP contribution in [0.25, 0.3) is 0 Å². The first-order chi connectivity index (χ1) is 14.7. The van der Waals surface area contributed by atoms with Gasteiger partial charge >= 0.3 is 0 Å². The standard InChI is InChI=1S/C22H25N7O/c1-15-3-2-4-17(13-15)25-21-19-20(24-14-23-19)27-22(28-21)26-16-5-7-18(8-6-16)29-9-11-30-12-10-29/h2-8,13,23H,9-12,14H2,1H3,(H3,24,25,26,27,28). The molecule has 3 heterocycles. The first-order valence-corrected chi connectivity index (χ1v) is 10.2. The van der Waals surface area contributed by atoms with Gasteiger partial charge in [-0.1, -0.05) is 12.1 Å². The van der Waals surface area contributed by atoms with Crippen LogP contribution in [-0.2, 0) is 4.74 Å². The summed E-state index contributed by atoms with van der Waals surface area (Å²) in [5.74, 6) is 2.06. The van der Waals surface area contributed by atoms with Crippen LogP contribution in [0.1, 0.15) is 5.56 Å². The van der Waals surface area contributed by atoms with Gasteiger partial charge in [-0.05, 0) is 48.9 Å². The van der Waals surface area contributed by atoms with Gasteiger partial charge in [-0.15, -0.1) is 0 Å².